The average molecular weight is 485 g/mol. The summed E-state index contributed by atoms with van der Waals surface area (Å²) < 4.78 is 5.29. The fourth-order valence-corrected chi connectivity index (χ4v) is 4.31. The highest BCUT2D eigenvalue weighted by molar-refractivity contribution is 6.48. The van der Waals surface area contributed by atoms with Crippen LogP contribution in [0.25, 0.3) is 0 Å². The minimum atomic E-state index is -0.526. The molecule has 1 fully saturated rings. The summed E-state index contributed by atoms with van der Waals surface area (Å²) in [5.41, 5.74) is 2.27. The number of amides is 1. The lowest BCUT2D eigenvalue weighted by molar-refractivity contribution is 0.0523. The second-order valence-electron chi connectivity index (χ2n) is 9.26. The van der Waals surface area contributed by atoms with E-state index >= 15 is 0 Å². The molecule has 0 aliphatic carbocycles. The standard InChI is InChI=1S/C23H28Cl3N3O2/c1-14-15(12-27-21(30)31-22(2,3)4)6-7-19(28-14)29-9-8-23(5,13-29)16-10-17(24)20(26)18(25)11-16/h6-7,10-11H,8-9,12-13H2,1-5H3,(H,27,30). The van der Waals surface area contributed by atoms with Crippen LogP contribution in [0.5, 0.6) is 0 Å². The molecule has 2 heterocycles. The van der Waals surface area contributed by atoms with Crippen LogP contribution < -0.4 is 10.2 Å². The minimum absolute atomic E-state index is 0.107. The van der Waals surface area contributed by atoms with E-state index in [1.54, 1.807) is 0 Å². The largest absolute Gasteiger partial charge is 0.444 e. The molecule has 0 bridgehead atoms. The van der Waals surface area contributed by atoms with Gasteiger partial charge in [0.05, 0.1) is 15.1 Å². The molecule has 1 aromatic heterocycles. The number of nitrogens with one attached hydrogen (secondary N) is 1. The minimum Gasteiger partial charge on any atom is -0.444 e. The fourth-order valence-electron chi connectivity index (χ4n) is 3.72. The molecule has 1 aromatic carbocycles. The lowest BCUT2D eigenvalue weighted by Gasteiger charge is -2.26. The third kappa shape index (κ3) is 5.76. The Hall–Kier alpha value is -1.69. The van der Waals surface area contributed by atoms with Crippen LogP contribution in [-0.4, -0.2) is 29.8 Å². The van der Waals surface area contributed by atoms with Crippen molar-refractivity contribution in [2.75, 3.05) is 18.0 Å². The van der Waals surface area contributed by atoms with E-state index in [9.17, 15) is 4.79 Å². The van der Waals surface area contributed by atoms with Crippen LogP contribution in [0.4, 0.5) is 10.6 Å². The number of halogens is 3. The number of aromatic nitrogens is 1. The van der Waals surface area contributed by atoms with Crippen LogP contribution in [0.3, 0.4) is 0 Å². The van der Waals surface area contributed by atoms with Crippen molar-refractivity contribution in [1.29, 1.82) is 0 Å². The number of aryl methyl sites for hydroxylation is 1. The van der Waals surface area contributed by atoms with Crippen molar-refractivity contribution < 1.29 is 9.53 Å². The van der Waals surface area contributed by atoms with Crippen LogP contribution in [0.15, 0.2) is 24.3 Å². The molecule has 1 aliphatic rings. The zero-order valence-electron chi connectivity index (χ0n) is 18.5. The molecule has 1 N–H and O–H groups in total. The van der Waals surface area contributed by atoms with E-state index in [1.807, 2.05) is 52.0 Å². The van der Waals surface area contributed by atoms with Gasteiger partial charge in [0.1, 0.15) is 11.4 Å². The number of benzene rings is 1. The Bertz CT molecular complexity index is 968. The number of pyridine rings is 1. The molecule has 1 aliphatic heterocycles. The summed E-state index contributed by atoms with van der Waals surface area (Å²) in [7, 11) is 0. The van der Waals surface area contributed by atoms with Gasteiger partial charge in [0.15, 0.2) is 0 Å². The molecule has 1 amide bonds. The molecule has 1 saturated heterocycles. The summed E-state index contributed by atoms with van der Waals surface area (Å²) in [6.07, 6.45) is 0.510. The van der Waals surface area contributed by atoms with Crippen LogP contribution in [0, 0.1) is 6.92 Å². The number of hydrogen-bond donors (Lipinski definition) is 1. The SMILES string of the molecule is Cc1nc(N2CCC(C)(c3cc(Cl)c(Cl)c(Cl)c3)C2)ccc1CNC(=O)OC(C)(C)C. The summed E-state index contributed by atoms with van der Waals surface area (Å²) in [5, 5.41) is 4.12. The molecule has 3 rings (SSSR count). The molecular weight excluding hydrogens is 457 g/mol. The Morgan fingerprint density at radius 1 is 1.23 bits per heavy atom. The zero-order chi connectivity index (χ0) is 23.0. The first-order valence-corrected chi connectivity index (χ1v) is 11.3. The molecule has 8 heteroatoms. The van der Waals surface area contributed by atoms with Gasteiger partial charge >= 0.3 is 6.09 Å². The van der Waals surface area contributed by atoms with Gasteiger partial charge in [0.25, 0.3) is 0 Å². The molecule has 31 heavy (non-hydrogen) atoms. The number of alkyl carbamates (subject to hydrolysis) is 1. The lowest BCUT2D eigenvalue weighted by atomic mass is 9.82. The summed E-state index contributed by atoms with van der Waals surface area (Å²) in [4.78, 5) is 18.9. The maximum Gasteiger partial charge on any atom is 0.407 e. The first kappa shape index (κ1) is 24.0. The number of nitrogens with zero attached hydrogens (tertiary/aromatic N) is 2. The summed E-state index contributed by atoms with van der Waals surface area (Å²) in [6.45, 7) is 11.7. The molecule has 0 radical (unpaired) electrons. The lowest BCUT2D eigenvalue weighted by Crippen LogP contribution is -2.32. The summed E-state index contributed by atoms with van der Waals surface area (Å²) in [5.74, 6) is 0.911. The Labute approximate surface area is 199 Å². The van der Waals surface area contributed by atoms with Crippen molar-refractivity contribution in [2.24, 2.45) is 0 Å². The second kappa shape index (κ2) is 9.05. The van der Waals surface area contributed by atoms with Gasteiger partial charge in [-0.2, -0.15) is 0 Å². The highest BCUT2D eigenvalue weighted by Crippen LogP contribution is 2.41. The number of anilines is 1. The molecule has 168 valence electrons. The third-order valence-electron chi connectivity index (χ3n) is 5.48. The topological polar surface area (TPSA) is 54.5 Å². The van der Waals surface area contributed by atoms with Crippen molar-refractivity contribution >= 4 is 46.7 Å². The predicted octanol–water partition coefficient (Wildman–Crippen LogP) is 6.54. The van der Waals surface area contributed by atoms with E-state index in [-0.39, 0.29) is 5.41 Å². The molecule has 0 saturated carbocycles. The van der Waals surface area contributed by atoms with Crippen molar-refractivity contribution in [3.8, 4) is 0 Å². The predicted molar refractivity (Wildman–Crippen MR) is 128 cm³/mol. The quantitative estimate of drug-likeness (QED) is 0.500. The van der Waals surface area contributed by atoms with E-state index in [2.05, 4.69) is 17.1 Å². The van der Waals surface area contributed by atoms with Crippen LogP contribution in [0.2, 0.25) is 15.1 Å². The Morgan fingerprint density at radius 3 is 2.45 bits per heavy atom. The smallest absolute Gasteiger partial charge is 0.407 e. The molecule has 5 nitrogen and oxygen atoms in total. The van der Waals surface area contributed by atoms with Gasteiger partial charge in [-0.1, -0.05) is 47.8 Å². The van der Waals surface area contributed by atoms with Gasteiger partial charge in [-0.3, -0.25) is 0 Å². The van der Waals surface area contributed by atoms with E-state index in [4.69, 9.17) is 44.5 Å². The van der Waals surface area contributed by atoms with E-state index in [1.165, 1.54) is 0 Å². The molecule has 0 spiro atoms. The van der Waals surface area contributed by atoms with Crippen LogP contribution >= 0.6 is 34.8 Å². The van der Waals surface area contributed by atoms with Crippen LogP contribution in [0.1, 0.15) is 50.9 Å². The van der Waals surface area contributed by atoms with E-state index in [0.717, 1.165) is 42.1 Å². The number of ether oxygens (including phenoxy) is 1. The number of carbonyl (C=O) groups excluding carboxylic acids is 1. The average Bonchev–Trinajstić information content (AvgIpc) is 3.07. The van der Waals surface area contributed by atoms with Gasteiger partial charge in [0.2, 0.25) is 0 Å². The van der Waals surface area contributed by atoms with Gasteiger partial charge < -0.3 is 15.0 Å². The maximum absolute atomic E-state index is 11.9. The molecule has 2 aromatic rings. The van der Waals surface area contributed by atoms with Crippen molar-refractivity contribution in [2.45, 2.75) is 58.6 Å². The second-order valence-corrected chi connectivity index (χ2v) is 10.4. The number of rotatable bonds is 4. The zero-order valence-corrected chi connectivity index (χ0v) is 20.8. The fraction of sp³-hybridized carbons (Fsp3) is 0.478. The van der Waals surface area contributed by atoms with Gasteiger partial charge in [0, 0.05) is 30.7 Å². The molecular formula is C23H28Cl3N3O2. The first-order chi connectivity index (χ1) is 14.4. The Kier molecular flexibility index (Phi) is 6.99. The normalized spacial score (nSPS) is 18.9. The van der Waals surface area contributed by atoms with Crippen LogP contribution in [-0.2, 0) is 16.7 Å². The Balaban J connectivity index is 1.69. The van der Waals surface area contributed by atoms with Gasteiger partial charge in [-0.25, -0.2) is 9.78 Å². The Morgan fingerprint density at radius 2 is 1.87 bits per heavy atom. The molecule has 1 atom stereocenters. The van der Waals surface area contributed by atoms with E-state index < -0.39 is 11.7 Å². The molecule has 1 unspecified atom stereocenters. The summed E-state index contributed by atoms with van der Waals surface area (Å²) in [6, 6.07) is 7.81. The summed E-state index contributed by atoms with van der Waals surface area (Å²) >= 11 is 18.6. The van der Waals surface area contributed by atoms with Crippen molar-refractivity contribution in [1.82, 2.24) is 10.3 Å². The first-order valence-electron chi connectivity index (χ1n) is 10.2. The number of carbonyl (C=O) groups is 1. The number of hydrogen-bond acceptors (Lipinski definition) is 4. The third-order valence-corrected chi connectivity index (χ3v) is 6.68. The van der Waals surface area contributed by atoms with Gasteiger partial charge in [-0.05, 0) is 63.4 Å². The monoisotopic (exact) mass is 483 g/mol. The van der Waals surface area contributed by atoms with Crippen molar-refractivity contribution in [3.63, 3.8) is 0 Å². The highest BCUT2D eigenvalue weighted by atomic mass is 35.5. The van der Waals surface area contributed by atoms with Gasteiger partial charge in [-0.15, -0.1) is 0 Å². The maximum atomic E-state index is 11.9. The van der Waals surface area contributed by atoms with E-state index in [0.29, 0.717) is 21.6 Å². The highest BCUT2D eigenvalue weighted by Gasteiger charge is 2.36. The van der Waals surface area contributed by atoms with Crippen molar-refractivity contribution in [3.05, 3.63) is 56.2 Å².